The molecule has 0 spiro atoms. The molecule has 2 aromatic rings. The Morgan fingerprint density at radius 3 is 2.50 bits per heavy atom. The Kier molecular flexibility index (Phi) is 3.55. The van der Waals surface area contributed by atoms with Crippen molar-refractivity contribution < 1.29 is 9.90 Å². The molecule has 0 saturated heterocycles. The molecule has 1 N–H and O–H groups in total. The summed E-state index contributed by atoms with van der Waals surface area (Å²) in [5, 5.41) is 9.96. The second-order valence-corrected chi connectivity index (χ2v) is 4.60. The van der Waals surface area contributed by atoms with Crippen molar-refractivity contribution in [2.75, 3.05) is 0 Å². The number of aromatic carboxylic acids is 1. The molecule has 0 unspecified atom stereocenters. The Labute approximate surface area is 114 Å². The zero-order chi connectivity index (χ0) is 13.3. The van der Waals surface area contributed by atoms with Crippen LogP contribution >= 0.6 is 23.2 Å². The highest BCUT2D eigenvalue weighted by Gasteiger charge is 2.11. The molecule has 18 heavy (non-hydrogen) atoms. The van der Waals surface area contributed by atoms with Gasteiger partial charge in [0.15, 0.2) is 0 Å². The highest BCUT2D eigenvalue weighted by Crippen LogP contribution is 2.29. The fourth-order valence-corrected chi connectivity index (χ4v) is 2.14. The maximum atomic E-state index is 10.9. The third-order valence-electron chi connectivity index (χ3n) is 2.52. The van der Waals surface area contributed by atoms with Gasteiger partial charge in [-0.2, -0.15) is 0 Å². The number of aryl methyl sites for hydroxylation is 1. The van der Waals surface area contributed by atoms with E-state index >= 15 is 0 Å². The Bertz CT molecular complexity index is 626. The predicted molar refractivity (Wildman–Crippen MR) is 71.4 cm³/mol. The van der Waals surface area contributed by atoms with Crippen molar-refractivity contribution in [2.45, 2.75) is 6.92 Å². The zero-order valence-corrected chi connectivity index (χ0v) is 11.0. The van der Waals surface area contributed by atoms with E-state index in [4.69, 9.17) is 28.3 Å². The van der Waals surface area contributed by atoms with E-state index in [1.807, 2.05) is 0 Å². The van der Waals surface area contributed by atoms with E-state index in [-0.39, 0.29) is 5.56 Å². The van der Waals surface area contributed by atoms with E-state index < -0.39 is 5.97 Å². The topological polar surface area (TPSA) is 50.2 Å². The average molecular weight is 282 g/mol. The van der Waals surface area contributed by atoms with Crippen LogP contribution in [0.2, 0.25) is 10.0 Å². The molecule has 3 nitrogen and oxygen atoms in total. The maximum Gasteiger partial charge on any atom is 0.337 e. The van der Waals surface area contributed by atoms with Gasteiger partial charge in [0.05, 0.1) is 22.0 Å². The first-order valence-corrected chi connectivity index (χ1v) is 5.91. The van der Waals surface area contributed by atoms with Crippen molar-refractivity contribution in [2.24, 2.45) is 0 Å². The third-order valence-corrected chi connectivity index (χ3v) is 3.07. The van der Waals surface area contributed by atoms with Crippen LogP contribution in [0.5, 0.6) is 0 Å². The summed E-state index contributed by atoms with van der Waals surface area (Å²) in [4.78, 5) is 15.1. The molecule has 1 aromatic heterocycles. The van der Waals surface area contributed by atoms with Crippen LogP contribution in [0.1, 0.15) is 16.1 Å². The molecule has 0 saturated carbocycles. The van der Waals surface area contributed by atoms with Crippen LogP contribution in [0.4, 0.5) is 0 Å². The molecule has 0 aliphatic rings. The summed E-state index contributed by atoms with van der Waals surface area (Å²) in [6.45, 7) is 1.65. The second-order valence-electron chi connectivity index (χ2n) is 3.76. The van der Waals surface area contributed by atoms with E-state index in [0.717, 1.165) is 5.56 Å². The normalized spacial score (nSPS) is 10.4. The van der Waals surface area contributed by atoms with E-state index in [1.54, 1.807) is 31.2 Å². The first-order chi connectivity index (χ1) is 8.49. The smallest absolute Gasteiger partial charge is 0.337 e. The lowest BCUT2D eigenvalue weighted by Gasteiger charge is -2.07. The van der Waals surface area contributed by atoms with Gasteiger partial charge in [-0.1, -0.05) is 23.2 Å². The highest BCUT2D eigenvalue weighted by molar-refractivity contribution is 6.36. The van der Waals surface area contributed by atoms with Crippen molar-refractivity contribution in [1.29, 1.82) is 0 Å². The Balaban J connectivity index is 2.52. The molecule has 1 heterocycles. The van der Waals surface area contributed by atoms with Crippen LogP contribution in [0.25, 0.3) is 11.3 Å². The average Bonchev–Trinajstić information content (AvgIpc) is 2.28. The molecule has 0 aliphatic heterocycles. The van der Waals surface area contributed by atoms with Crippen LogP contribution in [0, 0.1) is 6.92 Å². The number of nitrogens with zero attached hydrogens (tertiary/aromatic N) is 1. The van der Waals surface area contributed by atoms with E-state index in [0.29, 0.717) is 21.4 Å². The van der Waals surface area contributed by atoms with Gasteiger partial charge in [0.2, 0.25) is 0 Å². The number of carboxylic acids is 1. The van der Waals surface area contributed by atoms with Gasteiger partial charge in [0.25, 0.3) is 0 Å². The molecule has 92 valence electrons. The lowest BCUT2D eigenvalue weighted by atomic mass is 10.1. The van der Waals surface area contributed by atoms with Gasteiger partial charge in [-0.3, -0.25) is 4.98 Å². The first-order valence-electron chi connectivity index (χ1n) is 5.15. The molecule has 0 atom stereocenters. The SMILES string of the molecule is Cc1nc(-c2ccc(Cl)cc2Cl)ccc1C(=O)O. The van der Waals surface area contributed by atoms with Crippen LogP contribution in [0.15, 0.2) is 30.3 Å². The van der Waals surface area contributed by atoms with Crippen molar-refractivity contribution >= 4 is 29.2 Å². The van der Waals surface area contributed by atoms with Gasteiger partial charge in [-0.25, -0.2) is 4.79 Å². The maximum absolute atomic E-state index is 10.9. The van der Waals surface area contributed by atoms with Gasteiger partial charge in [-0.05, 0) is 37.3 Å². The monoisotopic (exact) mass is 281 g/mol. The Morgan fingerprint density at radius 2 is 1.94 bits per heavy atom. The quantitative estimate of drug-likeness (QED) is 0.903. The van der Waals surface area contributed by atoms with Gasteiger partial charge in [0.1, 0.15) is 0 Å². The summed E-state index contributed by atoms with van der Waals surface area (Å²) >= 11 is 11.9. The summed E-state index contributed by atoms with van der Waals surface area (Å²) in [6, 6.07) is 8.24. The molecule has 0 fully saturated rings. The molecule has 0 amide bonds. The molecule has 0 bridgehead atoms. The number of halogens is 2. The number of rotatable bonds is 2. The van der Waals surface area contributed by atoms with Gasteiger partial charge in [0, 0.05) is 10.6 Å². The highest BCUT2D eigenvalue weighted by atomic mass is 35.5. The first kappa shape index (κ1) is 12.9. The van der Waals surface area contributed by atoms with Crippen molar-refractivity contribution in [1.82, 2.24) is 4.98 Å². The zero-order valence-electron chi connectivity index (χ0n) is 9.45. The number of carbonyl (C=O) groups is 1. The van der Waals surface area contributed by atoms with E-state index in [1.165, 1.54) is 6.07 Å². The largest absolute Gasteiger partial charge is 0.478 e. The van der Waals surface area contributed by atoms with E-state index in [2.05, 4.69) is 4.98 Å². The minimum atomic E-state index is -0.992. The summed E-state index contributed by atoms with van der Waals surface area (Å²) in [5.74, 6) is -0.992. The van der Waals surface area contributed by atoms with Crippen molar-refractivity contribution in [3.05, 3.63) is 51.6 Å². The van der Waals surface area contributed by atoms with E-state index in [9.17, 15) is 4.79 Å². The van der Waals surface area contributed by atoms with Crippen LogP contribution in [-0.4, -0.2) is 16.1 Å². The Morgan fingerprint density at radius 1 is 1.22 bits per heavy atom. The molecular weight excluding hydrogens is 273 g/mol. The molecule has 5 heteroatoms. The van der Waals surface area contributed by atoms with Gasteiger partial charge >= 0.3 is 5.97 Å². The van der Waals surface area contributed by atoms with Crippen molar-refractivity contribution in [3.8, 4) is 11.3 Å². The fraction of sp³-hybridized carbons (Fsp3) is 0.0769. The number of hydrogen-bond acceptors (Lipinski definition) is 2. The molecule has 0 aliphatic carbocycles. The molecule has 0 radical (unpaired) electrons. The number of carboxylic acid groups (broad SMARTS) is 1. The minimum Gasteiger partial charge on any atom is -0.478 e. The third kappa shape index (κ3) is 2.47. The summed E-state index contributed by atoms with van der Waals surface area (Å²) < 4.78 is 0. The lowest BCUT2D eigenvalue weighted by Crippen LogP contribution is -2.02. The summed E-state index contributed by atoms with van der Waals surface area (Å²) in [5.41, 5.74) is 1.98. The van der Waals surface area contributed by atoms with Gasteiger partial charge < -0.3 is 5.11 Å². The summed E-state index contributed by atoms with van der Waals surface area (Å²) in [7, 11) is 0. The molecule has 2 rings (SSSR count). The van der Waals surface area contributed by atoms with Crippen molar-refractivity contribution in [3.63, 3.8) is 0 Å². The van der Waals surface area contributed by atoms with Crippen LogP contribution in [-0.2, 0) is 0 Å². The Hall–Kier alpha value is -1.58. The molecule has 1 aromatic carbocycles. The second kappa shape index (κ2) is 4.96. The number of hydrogen-bond donors (Lipinski definition) is 1. The molecular formula is C13H9Cl2NO2. The van der Waals surface area contributed by atoms with Crippen LogP contribution < -0.4 is 0 Å². The minimum absolute atomic E-state index is 0.184. The number of benzene rings is 1. The fourth-order valence-electron chi connectivity index (χ4n) is 1.63. The number of aromatic nitrogens is 1. The number of pyridine rings is 1. The standard InChI is InChI=1S/C13H9Cl2NO2/c1-7-9(13(17)18)4-5-12(16-7)10-3-2-8(14)6-11(10)15/h2-6H,1H3,(H,17,18). The predicted octanol–water partition coefficient (Wildman–Crippen LogP) is 4.06. The lowest BCUT2D eigenvalue weighted by molar-refractivity contribution is 0.0695. The van der Waals surface area contributed by atoms with Gasteiger partial charge in [-0.15, -0.1) is 0 Å². The van der Waals surface area contributed by atoms with Crippen LogP contribution in [0.3, 0.4) is 0 Å². The summed E-state index contributed by atoms with van der Waals surface area (Å²) in [6.07, 6.45) is 0.